The molecule has 0 aliphatic carbocycles. The van der Waals surface area contributed by atoms with Crippen molar-refractivity contribution < 1.29 is 26.7 Å². The van der Waals surface area contributed by atoms with Crippen LogP contribution in [0.15, 0.2) is 12.2 Å². The van der Waals surface area contributed by atoms with Crippen molar-refractivity contribution in [1.29, 1.82) is 0 Å². The first-order chi connectivity index (χ1) is 17.9. The number of carbonyl (C=O) groups is 1. The lowest BCUT2D eigenvalue weighted by atomic mass is 10.1. The predicted octanol–water partition coefficient (Wildman–Crippen LogP) is 8.72. The second-order valence-electron chi connectivity index (χ2n) is 10.4. The molecule has 0 bridgehead atoms. The molecule has 0 saturated heterocycles. The summed E-state index contributed by atoms with van der Waals surface area (Å²) in [5, 5.41) is 9.95. The zero-order valence-electron chi connectivity index (χ0n) is 24.1. The molecule has 220 valence electrons. The van der Waals surface area contributed by atoms with E-state index in [9.17, 15) is 18.3 Å². The number of rotatable bonds is 28. The van der Waals surface area contributed by atoms with Gasteiger partial charge in [-0.2, -0.15) is 8.42 Å². The molecule has 0 amide bonds. The van der Waals surface area contributed by atoms with E-state index >= 15 is 0 Å². The van der Waals surface area contributed by atoms with E-state index in [1.807, 2.05) is 0 Å². The van der Waals surface area contributed by atoms with Gasteiger partial charge < -0.3 is 9.29 Å². The molecular formula is C30H58O6S. The van der Waals surface area contributed by atoms with Gasteiger partial charge in [0.25, 0.3) is 0 Å². The molecule has 0 aromatic rings. The van der Waals surface area contributed by atoms with Crippen LogP contribution in [0.3, 0.4) is 0 Å². The third-order valence-corrected chi connectivity index (χ3v) is 7.48. The average Bonchev–Trinajstić information content (AvgIpc) is 2.86. The molecule has 37 heavy (non-hydrogen) atoms. The van der Waals surface area contributed by atoms with E-state index in [0.717, 1.165) is 64.2 Å². The van der Waals surface area contributed by atoms with E-state index in [0.29, 0.717) is 12.8 Å². The summed E-state index contributed by atoms with van der Waals surface area (Å²) < 4.78 is 32.9. The van der Waals surface area contributed by atoms with Crippen LogP contribution in [0.2, 0.25) is 0 Å². The molecule has 0 saturated carbocycles. The monoisotopic (exact) mass is 546 g/mol. The first kappa shape index (κ1) is 36.1. The number of aliphatic hydroxyl groups excluding tert-OH is 1. The van der Waals surface area contributed by atoms with E-state index < -0.39 is 16.4 Å². The Morgan fingerprint density at radius 3 is 1.84 bits per heavy atom. The highest BCUT2D eigenvalue weighted by molar-refractivity contribution is 7.82. The van der Waals surface area contributed by atoms with Crippen molar-refractivity contribution in [2.75, 3.05) is 6.61 Å². The van der Waals surface area contributed by atoms with Gasteiger partial charge >= 0.3 is 16.4 Å². The lowest BCUT2D eigenvalue weighted by Gasteiger charge is -2.07. The molecule has 0 aliphatic heterocycles. The van der Waals surface area contributed by atoms with Crippen LogP contribution >= 0.6 is 0 Å². The Morgan fingerprint density at radius 2 is 1.22 bits per heavy atom. The molecule has 0 radical (unpaired) electrons. The molecule has 0 rings (SSSR count). The number of carbonyl (C=O) groups excluding carboxylic acids is 1. The highest BCUT2D eigenvalue weighted by atomic mass is 32.3. The van der Waals surface area contributed by atoms with Gasteiger partial charge in [0.05, 0.1) is 12.7 Å². The zero-order valence-corrected chi connectivity index (χ0v) is 24.9. The van der Waals surface area contributed by atoms with Gasteiger partial charge in [-0.1, -0.05) is 129 Å². The second kappa shape index (κ2) is 26.7. The van der Waals surface area contributed by atoms with Crippen molar-refractivity contribution in [2.45, 2.75) is 168 Å². The summed E-state index contributed by atoms with van der Waals surface area (Å²) in [6.07, 6.45) is 27.7. The molecule has 0 aromatic heterocycles. The highest BCUT2D eigenvalue weighted by Crippen LogP contribution is 2.13. The maximum Gasteiger partial charge on any atom is 0.451 e. The SMILES string of the molecule is CCCCCCCCCCCCOS(=O)(=O)OC(=O)CCCCCCC/C=C\C[C@H](O)CCCCCC. The first-order valence-electron chi connectivity index (χ1n) is 15.4. The van der Waals surface area contributed by atoms with Gasteiger partial charge in [-0.15, -0.1) is 0 Å². The van der Waals surface area contributed by atoms with Crippen molar-refractivity contribution in [3.05, 3.63) is 12.2 Å². The fourth-order valence-electron chi connectivity index (χ4n) is 4.29. The topological polar surface area (TPSA) is 89.9 Å². The van der Waals surface area contributed by atoms with E-state index in [2.05, 4.69) is 30.2 Å². The minimum Gasteiger partial charge on any atom is -0.393 e. The molecule has 6 nitrogen and oxygen atoms in total. The summed E-state index contributed by atoms with van der Waals surface area (Å²) in [6, 6.07) is 0. The summed E-state index contributed by atoms with van der Waals surface area (Å²) in [5.74, 6) is -0.737. The first-order valence-corrected chi connectivity index (χ1v) is 16.7. The summed E-state index contributed by atoms with van der Waals surface area (Å²) in [4.78, 5) is 11.8. The lowest BCUT2D eigenvalue weighted by molar-refractivity contribution is -0.134. The summed E-state index contributed by atoms with van der Waals surface area (Å²) >= 11 is 0. The van der Waals surface area contributed by atoms with Crippen molar-refractivity contribution in [3.63, 3.8) is 0 Å². The molecule has 1 N–H and O–H groups in total. The fraction of sp³-hybridized carbons (Fsp3) is 0.900. The van der Waals surface area contributed by atoms with Crippen LogP contribution in [0.5, 0.6) is 0 Å². The fourth-order valence-corrected chi connectivity index (χ4v) is 4.97. The normalized spacial score (nSPS) is 12.8. The lowest BCUT2D eigenvalue weighted by Crippen LogP contribution is -2.16. The van der Waals surface area contributed by atoms with Crippen LogP contribution in [0, 0.1) is 0 Å². The number of aliphatic hydroxyl groups is 1. The Balaban J connectivity index is 3.56. The van der Waals surface area contributed by atoms with Gasteiger partial charge in [-0.25, -0.2) is 4.18 Å². The van der Waals surface area contributed by atoms with Crippen LogP contribution < -0.4 is 0 Å². The summed E-state index contributed by atoms with van der Waals surface area (Å²) in [6.45, 7) is 4.48. The largest absolute Gasteiger partial charge is 0.451 e. The Morgan fingerprint density at radius 1 is 0.703 bits per heavy atom. The quantitative estimate of drug-likeness (QED) is 0.0779. The minimum absolute atomic E-state index is 0.0679. The Kier molecular flexibility index (Phi) is 26.0. The summed E-state index contributed by atoms with van der Waals surface area (Å²) in [5.41, 5.74) is 0. The Hall–Kier alpha value is -0.920. The van der Waals surface area contributed by atoms with E-state index in [4.69, 9.17) is 4.18 Å². The standard InChI is InChI=1S/C30H58O6S/c1-3-5-7-9-10-11-14-17-20-24-28-35-37(33,34)36-30(32)27-23-19-16-13-12-15-18-22-26-29(31)25-21-8-6-4-2/h18,22,29,31H,3-17,19-21,23-28H2,1-2H3/b22-18-/t29-/m1/s1. The van der Waals surface area contributed by atoms with Crippen LogP contribution in [0.4, 0.5) is 0 Å². The van der Waals surface area contributed by atoms with Crippen molar-refractivity contribution in [1.82, 2.24) is 0 Å². The van der Waals surface area contributed by atoms with Gasteiger partial charge in [0, 0.05) is 6.42 Å². The third kappa shape index (κ3) is 27.9. The van der Waals surface area contributed by atoms with Crippen LogP contribution in [-0.2, 0) is 23.6 Å². The summed E-state index contributed by atoms with van der Waals surface area (Å²) in [7, 11) is -4.24. The molecule has 0 aromatic carbocycles. The van der Waals surface area contributed by atoms with Crippen LogP contribution in [-0.4, -0.2) is 32.2 Å². The Bertz CT molecular complexity index is 632. The maximum atomic E-state index is 11.8. The molecule has 0 spiro atoms. The molecule has 0 unspecified atom stereocenters. The molecule has 0 fully saturated rings. The maximum absolute atomic E-state index is 11.8. The van der Waals surface area contributed by atoms with Crippen LogP contribution in [0.25, 0.3) is 0 Å². The molecular weight excluding hydrogens is 488 g/mol. The van der Waals surface area contributed by atoms with Crippen molar-refractivity contribution >= 4 is 16.4 Å². The zero-order chi connectivity index (χ0) is 27.5. The van der Waals surface area contributed by atoms with Gasteiger partial charge in [0.15, 0.2) is 0 Å². The smallest absolute Gasteiger partial charge is 0.393 e. The van der Waals surface area contributed by atoms with Crippen molar-refractivity contribution in [3.8, 4) is 0 Å². The number of hydrogen-bond acceptors (Lipinski definition) is 6. The average molecular weight is 547 g/mol. The van der Waals surface area contributed by atoms with Gasteiger partial charge in [0.1, 0.15) is 0 Å². The van der Waals surface area contributed by atoms with Gasteiger partial charge in [0.2, 0.25) is 0 Å². The van der Waals surface area contributed by atoms with Crippen LogP contribution in [0.1, 0.15) is 162 Å². The highest BCUT2D eigenvalue weighted by Gasteiger charge is 2.17. The van der Waals surface area contributed by atoms with Gasteiger partial charge in [-0.3, -0.25) is 4.79 Å². The molecule has 0 aliphatic rings. The Labute approximate surface area is 229 Å². The van der Waals surface area contributed by atoms with E-state index in [-0.39, 0.29) is 19.1 Å². The van der Waals surface area contributed by atoms with Gasteiger partial charge in [-0.05, 0) is 38.5 Å². The predicted molar refractivity (Wildman–Crippen MR) is 154 cm³/mol. The molecule has 7 heteroatoms. The number of unbranched alkanes of at least 4 members (excludes halogenated alkanes) is 17. The number of hydrogen-bond donors (Lipinski definition) is 1. The van der Waals surface area contributed by atoms with E-state index in [1.54, 1.807) is 0 Å². The van der Waals surface area contributed by atoms with Crippen molar-refractivity contribution in [2.24, 2.45) is 0 Å². The second-order valence-corrected chi connectivity index (χ2v) is 11.6. The molecule has 0 heterocycles. The number of allylic oxidation sites excluding steroid dienone is 1. The third-order valence-electron chi connectivity index (χ3n) is 6.64. The van der Waals surface area contributed by atoms with E-state index in [1.165, 1.54) is 64.2 Å². The molecule has 1 atom stereocenters. The minimum atomic E-state index is -4.24.